The van der Waals surface area contributed by atoms with E-state index in [9.17, 15) is 14.6 Å². The Morgan fingerprint density at radius 3 is 2.71 bits per heavy atom. The molecule has 0 spiro atoms. The lowest BCUT2D eigenvalue weighted by Gasteiger charge is -2.22. The molecule has 0 aliphatic rings. The van der Waals surface area contributed by atoms with Crippen LogP contribution in [-0.4, -0.2) is 11.7 Å². The highest BCUT2D eigenvalue weighted by Crippen LogP contribution is 2.42. The molecule has 0 saturated carbocycles. The van der Waals surface area contributed by atoms with Gasteiger partial charge in [0.05, 0.1) is 6.61 Å². The van der Waals surface area contributed by atoms with Crippen LogP contribution in [0.2, 0.25) is 0 Å². The predicted molar refractivity (Wildman–Crippen MR) is 48.0 cm³/mol. The molecule has 0 amide bonds. The third kappa shape index (κ3) is 3.03. The van der Waals surface area contributed by atoms with Crippen molar-refractivity contribution in [1.82, 2.24) is 0 Å². The molecule has 0 bridgehead atoms. The molecule has 1 N–H and O–H groups in total. The predicted octanol–water partition coefficient (Wildman–Crippen LogP) is 1.28. The molecule has 5 nitrogen and oxygen atoms in total. The van der Waals surface area contributed by atoms with Crippen LogP contribution in [0.1, 0.15) is 6.92 Å². The molecule has 0 aliphatic carbocycles. The molecule has 0 aromatic heterocycles. The highest BCUT2D eigenvalue weighted by Gasteiger charge is 2.12. The third-order valence-corrected chi connectivity index (χ3v) is 2.36. The summed E-state index contributed by atoms with van der Waals surface area (Å²) in [5, 5.41) is 9.20. The van der Waals surface area contributed by atoms with Gasteiger partial charge in [-0.15, -0.1) is 0 Å². The van der Waals surface area contributed by atoms with E-state index < -0.39 is 7.82 Å². The van der Waals surface area contributed by atoms with Crippen LogP contribution in [0.3, 0.4) is 0 Å². The highest BCUT2D eigenvalue weighted by atomic mass is 31.2. The lowest BCUT2D eigenvalue weighted by Crippen LogP contribution is -2.10. The Morgan fingerprint density at radius 1 is 1.50 bits per heavy atom. The average Bonchev–Trinajstić information content (AvgIpc) is 2.08. The van der Waals surface area contributed by atoms with Gasteiger partial charge in [-0.25, -0.2) is 0 Å². The fourth-order valence-electron chi connectivity index (χ4n) is 0.839. The van der Waals surface area contributed by atoms with Gasteiger partial charge in [-0.05, 0) is 19.1 Å². The summed E-state index contributed by atoms with van der Waals surface area (Å²) in [6, 6.07) is 5.75. The minimum atomic E-state index is -4.35. The zero-order valence-electron chi connectivity index (χ0n) is 7.54. The van der Waals surface area contributed by atoms with E-state index in [2.05, 4.69) is 9.05 Å². The van der Waals surface area contributed by atoms with Crippen LogP contribution in [0, 0.1) is 0 Å². The van der Waals surface area contributed by atoms with Crippen molar-refractivity contribution in [2.45, 2.75) is 6.92 Å². The first-order valence-electron chi connectivity index (χ1n) is 3.98. The number of aromatic hydroxyl groups is 1. The van der Waals surface area contributed by atoms with E-state index in [4.69, 9.17) is 0 Å². The average molecular weight is 217 g/mol. The third-order valence-electron chi connectivity index (χ3n) is 1.36. The number of hydrogen-bond acceptors (Lipinski definition) is 5. The molecule has 1 unspecified atom stereocenters. The van der Waals surface area contributed by atoms with Crippen molar-refractivity contribution in [1.29, 1.82) is 0 Å². The van der Waals surface area contributed by atoms with Gasteiger partial charge in [-0.2, -0.15) is 0 Å². The molecule has 1 aromatic carbocycles. The number of rotatable bonds is 4. The Labute approximate surface area is 81.5 Å². The van der Waals surface area contributed by atoms with Gasteiger partial charge < -0.3 is 19.0 Å². The minimum Gasteiger partial charge on any atom is -0.746 e. The van der Waals surface area contributed by atoms with Crippen molar-refractivity contribution >= 4 is 7.82 Å². The van der Waals surface area contributed by atoms with E-state index in [1.165, 1.54) is 19.1 Å². The van der Waals surface area contributed by atoms with Crippen molar-refractivity contribution in [3.05, 3.63) is 24.3 Å². The molecule has 1 atom stereocenters. The number of phosphoric acid groups is 1. The van der Waals surface area contributed by atoms with Crippen molar-refractivity contribution in [3.63, 3.8) is 0 Å². The maximum Gasteiger partial charge on any atom is 0.319 e. The minimum absolute atomic E-state index is 0.00558. The quantitative estimate of drug-likeness (QED) is 0.768. The first-order valence-corrected chi connectivity index (χ1v) is 5.44. The lowest BCUT2D eigenvalue weighted by molar-refractivity contribution is -0.216. The molecule has 0 fully saturated rings. The van der Waals surface area contributed by atoms with E-state index in [0.29, 0.717) is 0 Å². The normalized spacial score (nSPS) is 14.7. The number of phenolic OH excluding ortho intramolecular Hbond substituents is 1. The maximum atomic E-state index is 11.0. The van der Waals surface area contributed by atoms with Gasteiger partial charge in [-0.3, -0.25) is 4.57 Å². The van der Waals surface area contributed by atoms with E-state index >= 15 is 0 Å². The van der Waals surface area contributed by atoms with Crippen LogP contribution >= 0.6 is 7.82 Å². The van der Waals surface area contributed by atoms with Crippen LogP contribution in [0.5, 0.6) is 11.5 Å². The molecule has 0 saturated heterocycles. The van der Waals surface area contributed by atoms with Gasteiger partial charge >= 0.3 is 7.82 Å². The molecule has 1 aromatic rings. The van der Waals surface area contributed by atoms with Crippen molar-refractivity contribution in [2.75, 3.05) is 6.61 Å². The van der Waals surface area contributed by atoms with Crippen molar-refractivity contribution in [2.24, 2.45) is 0 Å². The Hall–Kier alpha value is -1.03. The number of phosphoric ester groups is 1. The van der Waals surface area contributed by atoms with Crippen molar-refractivity contribution < 1.29 is 23.6 Å². The SMILES string of the molecule is CCOP(=O)([O-])Oc1ccccc1O. The van der Waals surface area contributed by atoms with Gasteiger partial charge in [0.15, 0.2) is 11.5 Å². The Bertz CT molecular complexity index is 351. The van der Waals surface area contributed by atoms with E-state index in [0.717, 1.165) is 0 Å². The summed E-state index contributed by atoms with van der Waals surface area (Å²) in [6.07, 6.45) is 0. The Balaban J connectivity index is 2.78. The number of hydrogen-bond donors (Lipinski definition) is 1. The van der Waals surface area contributed by atoms with Gasteiger partial charge in [0, 0.05) is 0 Å². The zero-order chi connectivity index (χ0) is 10.6. The molecular weight excluding hydrogens is 207 g/mol. The summed E-state index contributed by atoms with van der Waals surface area (Å²) in [5.41, 5.74) is 0. The first-order chi connectivity index (χ1) is 6.55. The summed E-state index contributed by atoms with van der Waals surface area (Å²) < 4.78 is 19.9. The number of benzene rings is 1. The van der Waals surface area contributed by atoms with Gasteiger partial charge in [0.25, 0.3) is 0 Å². The summed E-state index contributed by atoms with van der Waals surface area (Å²) >= 11 is 0. The van der Waals surface area contributed by atoms with E-state index in [1.807, 2.05) is 0 Å². The fourth-order valence-corrected chi connectivity index (χ4v) is 1.60. The Morgan fingerprint density at radius 2 is 2.14 bits per heavy atom. The molecule has 6 heteroatoms. The van der Waals surface area contributed by atoms with Crippen LogP contribution in [0.4, 0.5) is 0 Å². The Kier molecular flexibility index (Phi) is 3.52. The molecule has 0 heterocycles. The standard InChI is InChI=1S/C8H11O5P/c1-2-12-14(10,11)13-8-6-4-3-5-7(8)9/h3-6,9H,2H2,1H3,(H,10,11)/p-1. The second kappa shape index (κ2) is 4.46. The van der Waals surface area contributed by atoms with E-state index in [1.54, 1.807) is 12.1 Å². The summed E-state index contributed by atoms with van der Waals surface area (Å²) in [4.78, 5) is 11.0. The molecular formula is C8H10O5P-. The van der Waals surface area contributed by atoms with Crippen molar-refractivity contribution in [3.8, 4) is 11.5 Å². The number of phenols is 1. The highest BCUT2D eigenvalue weighted by molar-refractivity contribution is 7.46. The van der Waals surface area contributed by atoms with Crippen LogP contribution in [0.15, 0.2) is 24.3 Å². The summed E-state index contributed by atoms with van der Waals surface area (Å²) in [5.74, 6) is -0.387. The maximum absolute atomic E-state index is 11.0. The van der Waals surface area contributed by atoms with Gasteiger partial charge in [-0.1, -0.05) is 12.1 Å². The van der Waals surface area contributed by atoms with Crippen LogP contribution in [-0.2, 0) is 9.09 Å². The molecule has 1 rings (SSSR count). The summed E-state index contributed by atoms with van der Waals surface area (Å²) in [6.45, 7) is 1.52. The largest absolute Gasteiger partial charge is 0.746 e. The van der Waals surface area contributed by atoms with Gasteiger partial charge in [0.2, 0.25) is 0 Å². The lowest BCUT2D eigenvalue weighted by atomic mass is 10.3. The first kappa shape index (κ1) is 11.0. The fraction of sp³-hybridized carbons (Fsp3) is 0.250. The van der Waals surface area contributed by atoms with E-state index in [-0.39, 0.29) is 18.1 Å². The topological polar surface area (TPSA) is 78.8 Å². The monoisotopic (exact) mass is 217 g/mol. The smallest absolute Gasteiger partial charge is 0.319 e. The van der Waals surface area contributed by atoms with Gasteiger partial charge in [0.1, 0.15) is 0 Å². The number of para-hydroxylation sites is 2. The second-order valence-electron chi connectivity index (χ2n) is 2.42. The summed E-state index contributed by atoms with van der Waals surface area (Å²) in [7, 11) is -4.35. The zero-order valence-corrected chi connectivity index (χ0v) is 8.44. The molecule has 0 radical (unpaired) electrons. The van der Waals surface area contributed by atoms with Crippen LogP contribution < -0.4 is 9.42 Å². The molecule has 78 valence electrons. The molecule has 14 heavy (non-hydrogen) atoms. The van der Waals surface area contributed by atoms with Crippen LogP contribution in [0.25, 0.3) is 0 Å². The molecule has 0 aliphatic heterocycles. The second-order valence-corrected chi connectivity index (χ2v) is 3.76.